The van der Waals surface area contributed by atoms with Gasteiger partial charge in [0, 0.05) is 16.6 Å². The molecule has 20 heavy (non-hydrogen) atoms. The summed E-state index contributed by atoms with van der Waals surface area (Å²) in [5, 5.41) is 3.23. The van der Waals surface area contributed by atoms with Crippen LogP contribution in [-0.2, 0) is 6.61 Å². The molecule has 1 heterocycles. The van der Waals surface area contributed by atoms with Gasteiger partial charge in [-0.2, -0.15) is 4.98 Å². The van der Waals surface area contributed by atoms with E-state index < -0.39 is 0 Å². The Morgan fingerprint density at radius 1 is 1.20 bits per heavy atom. The third kappa shape index (κ3) is 3.48. The maximum atomic E-state index is 5.85. The monoisotopic (exact) mass is 335 g/mol. The van der Waals surface area contributed by atoms with E-state index in [1.54, 1.807) is 0 Å². The molecule has 0 amide bonds. The zero-order valence-corrected chi connectivity index (χ0v) is 13.5. The molecule has 1 aromatic heterocycles. The highest BCUT2D eigenvalue weighted by atomic mass is 79.9. The minimum Gasteiger partial charge on any atom is -0.472 e. The number of nitrogens with one attached hydrogen (secondary N) is 1. The van der Waals surface area contributed by atoms with E-state index in [0.29, 0.717) is 18.3 Å². The second kappa shape index (κ2) is 6.70. The van der Waals surface area contributed by atoms with Gasteiger partial charge in [0.15, 0.2) is 0 Å². The number of anilines is 1. The van der Waals surface area contributed by atoms with Crippen molar-refractivity contribution in [1.82, 2.24) is 9.97 Å². The lowest BCUT2D eigenvalue weighted by Gasteiger charge is -2.13. The summed E-state index contributed by atoms with van der Waals surface area (Å²) in [6.07, 6.45) is 0. The maximum Gasteiger partial charge on any atom is 0.222 e. The molecule has 1 aromatic carbocycles. The molecule has 0 aliphatic carbocycles. The Morgan fingerprint density at radius 2 is 1.95 bits per heavy atom. The molecule has 1 N–H and O–H groups in total. The molecule has 0 spiro atoms. The third-order valence-electron chi connectivity index (χ3n) is 2.88. The van der Waals surface area contributed by atoms with Gasteiger partial charge in [-0.05, 0) is 26.8 Å². The zero-order valence-electron chi connectivity index (χ0n) is 11.9. The van der Waals surface area contributed by atoms with Crippen LogP contribution >= 0.6 is 15.9 Å². The molecule has 0 aliphatic heterocycles. The third-order valence-corrected chi connectivity index (χ3v) is 3.65. The highest BCUT2D eigenvalue weighted by Crippen LogP contribution is 2.24. The lowest BCUT2D eigenvalue weighted by Crippen LogP contribution is -2.08. The number of benzene rings is 1. The smallest absolute Gasteiger partial charge is 0.222 e. The first kappa shape index (κ1) is 14.8. The average Bonchev–Trinajstić information content (AvgIpc) is 2.42. The van der Waals surface area contributed by atoms with Crippen molar-refractivity contribution in [2.24, 2.45) is 0 Å². The summed E-state index contributed by atoms with van der Waals surface area (Å²) in [6.45, 7) is 7.17. The predicted octanol–water partition coefficient (Wildman–Crippen LogP) is 3.87. The highest BCUT2D eigenvalue weighted by molar-refractivity contribution is 9.10. The van der Waals surface area contributed by atoms with Gasteiger partial charge in [0.05, 0.1) is 5.56 Å². The quantitative estimate of drug-likeness (QED) is 0.900. The van der Waals surface area contributed by atoms with Gasteiger partial charge in [0.1, 0.15) is 18.2 Å². The Morgan fingerprint density at radius 3 is 2.65 bits per heavy atom. The molecular formula is C15H18BrN3O. The minimum atomic E-state index is 0.476. The van der Waals surface area contributed by atoms with Crippen LogP contribution in [0.5, 0.6) is 5.88 Å². The highest BCUT2D eigenvalue weighted by Gasteiger charge is 2.10. The first-order valence-corrected chi connectivity index (χ1v) is 7.36. The summed E-state index contributed by atoms with van der Waals surface area (Å²) in [5.74, 6) is 2.17. The van der Waals surface area contributed by atoms with Gasteiger partial charge in [0.2, 0.25) is 5.88 Å². The molecule has 2 rings (SSSR count). The van der Waals surface area contributed by atoms with Crippen LogP contribution in [-0.4, -0.2) is 16.5 Å². The van der Waals surface area contributed by atoms with E-state index in [2.05, 4.69) is 31.2 Å². The molecule has 0 bridgehead atoms. The fourth-order valence-corrected chi connectivity index (χ4v) is 2.24. The van der Waals surface area contributed by atoms with Crippen LogP contribution in [0, 0.1) is 13.8 Å². The normalized spacial score (nSPS) is 10.4. The Balaban J connectivity index is 2.19. The van der Waals surface area contributed by atoms with Gasteiger partial charge < -0.3 is 10.1 Å². The number of nitrogens with zero attached hydrogens (tertiary/aromatic N) is 2. The van der Waals surface area contributed by atoms with E-state index in [9.17, 15) is 0 Å². The molecule has 2 aromatic rings. The summed E-state index contributed by atoms with van der Waals surface area (Å²) < 4.78 is 6.89. The summed E-state index contributed by atoms with van der Waals surface area (Å²) in [7, 11) is 0. The molecule has 5 heteroatoms. The van der Waals surface area contributed by atoms with Gasteiger partial charge in [-0.3, -0.25) is 0 Å². The van der Waals surface area contributed by atoms with Gasteiger partial charge in [-0.1, -0.05) is 34.1 Å². The molecule has 0 atom stereocenters. The van der Waals surface area contributed by atoms with Gasteiger partial charge in [0.25, 0.3) is 0 Å². The lowest BCUT2D eigenvalue weighted by atomic mass is 10.2. The maximum absolute atomic E-state index is 5.85. The SMILES string of the molecule is CCNc1nc(C)nc(OCc2ccccc2Br)c1C. The lowest BCUT2D eigenvalue weighted by molar-refractivity contribution is 0.290. The van der Waals surface area contributed by atoms with Crippen molar-refractivity contribution in [3.8, 4) is 5.88 Å². The Kier molecular flexibility index (Phi) is 4.95. The first-order valence-electron chi connectivity index (χ1n) is 6.57. The molecule has 0 aliphatic rings. The molecule has 106 valence electrons. The van der Waals surface area contributed by atoms with Crippen molar-refractivity contribution in [3.05, 3.63) is 45.7 Å². The minimum absolute atomic E-state index is 0.476. The number of halogens is 1. The van der Waals surface area contributed by atoms with Gasteiger partial charge in [-0.25, -0.2) is 4.98 Å². The number of hydrogen-bond acceptors (Lipinski definition) is 4. The van der Waals surface area contributed by atoms with Gasteiger partial charge >= 0.3 is 0 Å². The van der Waals surface area contributed by atoms with Crippen molar-refractivity contribution in [3.63, 3.8) is 0 Å². The van der Waals surface area contributed by atoms with Crippen molar-refractivity contribution in [2.45, 2.75) is 27.4 Å². The van der Waals surface area contributed by atoms with Crippen LogP contribution < -0.4 is 10.1 Å². The van der Waals surface area contributed by atoms with E-state index in [1.165, 1.54) is 0 Å². The topological polar surface area (TPSA) is 47.0 Å². The number of rotatable bonds is 5. The summed E-state index contributed by atoms with van der Waals surface area (Å²) in [5.41, 5.74) is 2.03. The van der Waals surface area contributed by atoms with E-state index >= 15 is 0 Å². The molecule has 0 unspecified atom stereocenters. The van der Waals surface area contributed by atoms with Crippen LogP contribution in [0.25, 0.3) is 0 Å². The summed E-state index contributed by atoms with van der Waals surface area (Å²) in [4.78, 5) is 8.76. The Labute approximate surface area is 127 Å². The summed E-state index contributed by atoms with van der Waals surface area (Å²) >= 11 is 3.52. The predicted molar refractivity (Wildman–Crippen MR) is 84.1 cm³/mol. The Bertz CT molecular complexity index is 602. The Hall–Kier alpha value is -1.62. The molecule has 0 saturated heterocycles. The van der Waals surface area contributed by atoms with Crippen molar-refractivity contribution in [2.75, 3.05) is 11.9 Å². The van der Waals surface area contributed by atoms with Crippen molar-refractivity contribution >= 4 is 21.7 Å². The zero-order chi connectivity index (χ0) is 14.5. The van der Waals surface area contributed by atoms with Crippen molar-refractivity contribution in [1.29, 1.82) is 0 Å². The van der Waals surface area contributed by atoms with Gasteiger partial charge in [-0.15, -0.1) is 0 Å². The van der Waals surface area contributed by atoms with Crippen molar-refractivity contribution < 1.29 is 4.74 Å². The largest absolute Gasteiger partial charge is 0.472 e. The average molecular weight is 336 g/mol. The molecule has 0 radical (unpaired) electrons. The standard InChI is InChI=1S/C15H18BrN3O/c1-4-17-14-10(2)15(19-11(3)18-14)20-9-12-7-5-6-8-13(12)16/h5-8H,4,9H2,1-3H3,(H,17,18,19). The number of aryl methyl sites for hydroxylation is 1. The number of ether oxygens (including phenoxy) is 1. The molecule has 0 saturated carbocycles. The van der Waals surface area contributed by atoms with E-state index in [-0.39, 0.29) is 0 Å². The second-order valence-electron chi connectivity index (χ2n) is 4.46. The number of aromatic nitrogens is 2. The van der Waals surface area contributed by atoms with E-state index in [0.717, 1.165) is 28.0 Å². The fraction of sp³-hybridized carbons (Fsp3) is 0.333. The second-order valence-corrected chi connectivity index (χ2v) is 5.31. The molecule has 4 nitrogen and oxygen atoms in total. The van der Waals surface area contributed by atoms with Crippen LogP contribution in [0.4, 0.5) is 5.82 Å². The van der Waals surface area contributed by atoms with E-state index in [4.69, 9.17) is 4.74 Å². The van der Waals surface area contributed by atoms with Crippen LogP contribution in [0.2, 0.25) is 0 Å². The molecule has 0 fully saturated rings. The number of hydrogen-bond donors (Lipinski definition) is 1. The van der Waals surface area contributed by atoms with Crippen LogP contribution in [0.15, 0.2) is 28.7 Å². The van der Waals surface area contributed by atoms with E-state index in [1.807, 2.05) is 45.0 Å². The molecular weight excluding hydrogens is 318 g/mol. The first-order chi connectivity index (χ1) is 9.61. The fourth-order valence-electron chi connectivity index (χ4n) is 1.84. The summed E-state index contributed by atoms with van der Waals surface area (Å²) in [6, 6.07) is 8.00. The van der Waals surface area contributed by atoms with Crippen LogP contribution in [0.3, 0.4) is 0 Å². The van der Waals surface area contributed by atoms with Crippen LogP contribution in [0.1, 0.15) is 23.9 Å².